The molecule has 0 heterocycles. The Kier molecular flexibility index (Phi) is 3.38. The summed E-state index contributed by atoms with van der Waals surface area (Å²) in [6.45, 7) is 0. The number of hydrogen-bond acceptors (Lipinski definition) is 1. The Morgan fingerprint density at radius 2 is 2.07 bits per heavy atom. The van der Waals surface area contributed by atoms with Crippen LogP contribution in [0.3, 0.4) is 0 Å². The van der Waals surface area contributed by atoms with Crippen LogP contribution in [0.1, 0.15) is 5.56 Å². The number of allylic oxidation sites excluding steroid dienone is 1. The van der Waals surface area contributed by atoms with Crippen molar-refractivity contribution >= 4 is 17.7 Å². The fourth-order valence-electron chi connectivity index (χ4n) is 0.941. The average Bonchev–Trinajstić information content (AvgIpc) is 2.12. The summed E-state index contributed by atoms with van der Waals surface area (Å²) in [7, 11) is 0. The van der Waals surface area contributed by atoms with Crippen LogP contribution in [0, 0.1) is 11.3 Å². The molecule has 0 aliphatic carbocycles. The summed E-state index contributed by atoms with van der Waals surface area (Å²) < 4.78 is 36.5. The van der Waals surface area contributed by atoms with E-state index in [-0.39, 0.29) is 5.56 Å². The maximum absolute atomic E-state index is 12.2. The van der Waals surface area contributed by atoms with E-state index in [2.05, 4.69) is 0 Å². The van der Waals surface area contributed by atoms with Crippen molar-refractivity contribution in [2.45, 2.75) is 6.18 Å². The van der Waals surface area contributed by atoms with Gasteiger partial charge < -0.3 is 0 Å². The van der Waals surface area contributed by atoms with Gasteiger partial charge in [0, 0.05) is 5.02 Å². The van der Waals surface area contributed by atoms with Gasteiger partial charge in [0.2, 0.25) is 0 Å². The van der Waals surface area contributed by atoms with E-state index in [0.717, 1.165) is 12.1 Å². The molecule has 0 radical (unpaired) electrons. The second kappa shape index (κ2) is 4.37. The van der Waals surface area contributed by atoms with Gasteiger partial charge in [-0.15, -0.1) is 0 Å². The quantitative estimate of drug-likeness (QED) is 0.674. The Bertz CT molecular complexity index is 429. The number of benzene rings is 1. The first-order chi connectivity index (χ1) is 6.93. The minimum Gasteiger partial charge on any atom is -0.192 e. The lowest BCUT2D eigenvalue weighted by atomic mass is 10.1. The minimum absolute atomic E-state index is 0.247. The predicted molar refractivity (Wildman–Crippen MR) is 51.1 cm³/mol. The van der Waals surface area contributed by atoms with Gasteiger partial charge >= 0.3 is 6.18 Å². The SMILES string of the molecule is N#C/C(=C\c1cccc(Cl)c1)C(F)(F)F. The third-order valence-electron chi connectivity index (χ3n) is 1.59. The van der Waals surface area contributed by atoms with Crippen LogP contribution in [0.4, 0.5) is 13.2 Å². The number of alkyl halides is 3. The van der Waals surface area contributed by atoms with Gasteiger partial charge in [-0.1, -0.05) is 23.7 Å². The highest BCUT2D eigenvalue weighted by atomic mass is 35.5. The van der Waals surface area contributed by atoms with Crippen molar-refractivity contribution in [1.29, 1.82) is 5.26 Å². The molecule has 0 aromatic heterocycles. The highest BCUT2D eigenvalue weighted by Gasteiger charge is 2.33. The monoisotopic (exact) mass is 231 g/mol. The standard InChI is InChI=1S/C10H5ClF3N/c11-9-3-1-2-7(5-9)4-8(6-15)10(12,13)14/h1-5H/b8-4+. The fourth-order valence-corrected chi connectivity index (χ4v) is 1.14. The molecular weight excluding hydrogens is 227 g/mol. The lowest BCUT2D eigenvalue weighted by Gasteiger charge is -2.03. The molecule has 0 aliphatic heterocycles. The number of rotatable bonds is 1. The van der Waals surface area contributed by atoms with E-state index in [0.29, 0.717) is 5.02 Å². The minimum atomic E-state index is -4.63. The molecule has 0 atom stereocenters. The molecule has 0 fully saturated rings. The summed E-state index contributed by atoms with van der Waals surface area (Å²) in [6.07, 6.45) is -3.87. The molecule has 0 amide bonds. The molecule has 0 unspecified atom stereocenters. The molecule has 1 aromatic carbocycles. The van der Waals surface area contributed by atoms with Crippen LogP contribution in [0.2, 0.25) is 5.02 Å². The van der Waals surface area contributed by atoms with Gasteiger partial charge in [-0.25, -0.2) is 0 Å². The van der Waals surface area contributed by atoms with Gasteiger partial charge in [-0.3, -0.25) is 0 Å². The Labute approximate surface area is 89.4 Å². The van der Waals surface area contributed by atoms with E-state index in [1.807, 2.05) is 0 Å². The zero-order chi connectivity index (χ0) is 11.5. The maximum atomic E-state index is 12.2. The van der Waals surface area contributed by atoms with Crippen molar-refractivity contribution in [1.82, 2.24) is 0 Å². The second-order valence-electron chi connectivity index (χ2n) is 2.72. The predicted octanol–water partition coefficient (Wildman–Crippen LogP) is 3.81. The van der Waals surface area contributed by atoms with E-state index in [1.165, 1.54) is 18.2 Å². The summed E-state index contributed by atoms with van der Waals surface area (Å²) in [5, 5.41) is 8.64. The van der Waals surface area contributed by atoms with Crippen molar-refractivity contribution in [2.24, 2.45) is 0 Å². The van der Waals surface area contributed by atoms with Crippen LogP contribution in [0.15, 0.2) is 29.8 Å². The van der Waals surface area contributed by atoms with Crippen LogP contribution in [0.25, 0.3) is 6.08 Å². The third kappa shape index (κ3) is 3.30. The van der Waals surface area contributed by atoms with E-state index >= 15 is 0 Å². The van der Waals surface area contributed by atoms with Gasteiger partial charge in [0.1, 0.15) is 11.6 Å². The van der Waals surface area contributed by atoms with Crippen molar-refractivity contribution in [3.8, 4) is 6.07 Å². The summed E-state index contributed by atoms with van der Waals surface area (Å²) >= 11 is 5.59. The van der Waals surface area contributed by atoms with Gasteiger partial charge in [-0.05, 0) is 23.8 Å². The van der Waals surface area contributed by atoms with Crippen LogP contribution in [-0.2, 0) is 0 Å². The van der Waals surface area contributed by atoms with Gasteiger partial charge in [0.15, 0.2) is 0 Å². The molecule has 0 N–H and O–H groups in total. The Morgan fingerprint density at radius 3 is 2.53 bits per heavy atom. The lowest BCUT2D eigenvalue weighted by molar-refractivity contribution is -0.0864. The molecule has 5 heteroatoms. The first-order valence-corrected chi connectivity index (χ1v) is 4.26. The molecular formula is C10H5ClF3N. The molecule has 1 aromatic rings. The number of nitrogens with zero attached hydrogens (tertiary/aromatic N) is 1. The van der Waals surface area contributed by atoms with E-state index in [9.17, 15) is 13.2 Å². The largest absolute Gasteiger partial charge is 0.426 e. The molecule has 0 bridgehead atoms. The van der Waals surface area contributed by atoms with Gasteiger partial charge in [0.05, 0.1) is 0 Å². The lowest BCUT2D eigenvalue weighted by Crippen LogP contribution is -2.09. The molecule has 78 valence electrons. The van der Waals surface area contributed by atoms with Crippen LogP contribution >= 0.6 is 11.6 Å². The molecule has 0 saturated heterocycles. The molecule has 15 heavy (non-hydrogen) atoms. The molecule has 0 saturated carbocycles. The van der Waals surface area contributed by atoms with Gasteiger partial charge in [-0.2, -0.15) is 18.4 Å². The Hall–Kier alpha value is -1.47. The van der Waals surface area contributed by atoms with Crippen molar-refractivity contribution in [3.63, 3.8) is 0 Å². The fraction of sp³-hybridized carbons (Fsp3) is 0.100. The molecule has 1 rings (SSSR count). The van der Waals surface area contributed by atoms with Crippen molar-refractivity contribution in [3.05, 3.63) is 40.4 Å². The molecule has 1 nitrogen and oxygen atoms in total. The first kappa shape index (κ1) is 11.6. The first-order valence-electron chi connectivity index (χ1n) is 3.88. The van der Waals surface area contributed by atoms with Crippen LogP contribution < -0.4 is 0 Å². The Morgan fingerprint density at radius 1 is 1.40 bits per heavy atom. The van der Waals surface area contributed by atoms with E-state index in [4.69, 9.17) is 16.9 Å². The van der Waals surface area contributed by atoms with Crippen LogP contribution in [-0.4, -0.2) is 6.18 Å². The van der Waals surface area contributed by atoms with Crippen molar-refractivity contribution < 1.29 is 13.2 Å². The highest BCUT2D eigenvalue weighted by molar-refractivity contribution is 6.30. The Balaban J connectivity index is 3.11. The number of halogens is 4. The van der Waals surface area contributed by atoms with Crippen LogP contribution in [0.5, 0.6) is 0 Å². The summed E-state index contributed by atoms with van der Waals surface area (Å²) in [5.41, 5.74) is -0.999. The highest BCUT2D eigenvalue weighted by Crippen LogP contribution is 2.27. The summed E-state index contributed by atoms with van der Waals surface area (Å²) in [6, 6.07) is 6.95. The third-order valence-corrected chi connectivity index (χ3v) is 1.82. The second-order valence-corrected chi connectivity index (χ2v) is 3.16. The summed E-state index contributed by atoms with van der Waals surface area (Å²) in [5.74, 6) is 0. The zero-order valence-electron chi connectivity index (χ0n) is 7.35. The number of hydrogen-bond donors (Lipinski definition) is 0. The van der Waals surface area contributed by atoms with E-state index in [1.54, 1.807) is 6.07 Å². The van der Waals surface area contributed by atoms with Crippen molar-refractivity contribution in [2.75, 3.05) is 0 Å². The molecule has 0 spiro atoms. The van der Waals surface area contributed by atoms with E-state index < -0.39 is 11.7 Å². The zero-order valence-corrected chi connectivity index (χ0v) is 8.10. The van der Waals surface area contributed by atoms with Gasteiger partial charge in [0.25, 0.3) is 0 Å². The maximum Gasteiger partial charge on any atom is 0.426 e. The smallest absolute Gasteiger partial charge is 0.192 e. The average molecular weight is 232 g/mol. The number of nitriles is 1. The topological polar surface area (TPSA) is 23.8 Å². The summed E-state index contributed by atoms with van der Waals surface area (Å²) in [4.78, 5) is 0. The molecule has 0 aliphatic rings. The normalized spacial score (nSPS) is 12.3.